The molecule has 1 aliphatic rings. The Balaban J connectivity index is 1.68. The maximum Gasteiger partial charge on any atom is 0.263 e. The Morgan fingerprint density at radius 2 is 1.92 bits per heavy atom. The summed E-state index contributed by atoms with van der Waals surface area (Å²) in [5.41, 5.74) is 0.896. The lowest BCUT2D eigenvalue weighted by Crippen LogP contribution is -2.22. The maximum absolute atomic E-state index is 12.5. The largest absolute Gasteiger partial charge is 0.495 e. The van der Waals surface area contributed by atoms with Gasteiger partial charge in [-0.2, -0.15) is 0 Å². The number of nitrogens with zero attached hydrogens (tertiary/aromatic N) is 1. The molecule has 1 aliphatic carbocycles. The van der Waals surface area contributed by atoms with Crippen LogP contribution in [0.25, 0.3) is 0 Å². The Morgan fingerprint density at radius 1 is 1.15 bits per heavy atom. The average molecular weight is 396 g/mol. The summed E-state index contributed by atoms with van der Waals surface area (Å²) in [6.07, 6.45) is 7.75. The van der Waals surface area contributed by atoms with Crippen molar-refractivity contribution in [2.45, 2.75) is 43.0 Å². The van der Waals surface area contributed by atoms with Crippen molar-refractivity contribution in [2.24, 2.45) is 0 Å². The van der Waals surface area contributed by atoms with Gasteiger partial charge in [0.2, 0.25) is 0 Å². The zero-order valence-electron chi connectivity index (χ0n) is 14.5. The Kier molecular flexibility index (Phi) is 5.88. The van der Waals surface area contributed by atoms with Crippen LogP contribution < -0.4 is 14.8 Å². The van der Waals surface area contributed by atoms with Crippen LogP contribution in [-0.2, 0) is 10.0 Å². The molecule has 0 unspecified atom stereocenters. The summed E-state index contributed by atoms with van der Waals surface area (Å²) in [7, 11) is -2.30. The molecule has 0 spiro atoms. The Labute approximate surface area is 159 Å². The number of pyridine rings is 1. The molecular weight excluding hydrogens is 374 g/mol. The molecule has 1 fully saturated rings. The number of hydrogen-bond donors (Lipinski definition) is 2. The van der Waals surface area contributed by atoms with E-state index in [0.29, 0.717) is 11.8 Å². The van der Waals surface area contributed by atoms with E-state index >= 15 is 0 Å². The van der Waals surface area contributed by atoms with Crippen LogP contribution in [0.15, 0.2) is 41.4 Å². The predicted molar refractivity (Wildman–Crippen MR) is 104 cm³/mol. The third-order valence-corrected chi connectivity index (χ3v) is 6.06. The summed E-state index contributed by atoms with van der Waals surface area (Å²) in [6.45, 7) is 0. The quantitative estimate of drug-likeness (QED) is 0.762. The summed E-state index contributed by atoms with van der Waals surface area (Å²) in [6, 6.07) is 8.25. The van der Waals surface area contributed by atoms with Crippen LogP contribution in [0, 0.1) is 0 Å². The highest BCUT2D eigenvalue weighted by Gasteiger charge is 2.17. The minimum Gasteiger partial charge on any atom is -0.495 e. The number of halogens is 1. The second-order valence-corrected chi connectivity index (χ2v) is 8.40. The van der Waals surface area contributed by atoms with E-state index in [4.69, 9.17) is 16.3 Å². The fourth-order valence-electron chi connectivity index (χ4n) is 3.03. The molecule has 0 saturated heterocycles. The molecule has 26 heavy (non-hydrogen) atoms. The van der Waals surface area contributed by atoms with Crippen molar-refractivity contribution in [1.29, 1.82) is 0 Å². The molecule has 140 valence electrons. The summed E-state index contributed by atoms with van der Waals surface area (Å²) in [5.74, 6) is 0.674. The van der Waals surface area contributed by atoms with Crippen molar-refractivity contribution in [2.75, 3.05) is 17.1 Å². The Hall–Kier alpha value is -1.99. The van der Waals surface area contributed by atoms with Gasteiger partial charge < -0.3 is 10.1 Å². The number of nitrogens with one attached hydrogen (secondary N) is 2. The van der Waals surface area contributed by atoms with Crippen molar-refractivity contribution in [3.8, 4) is 5.75 Å². The molecule has 0 radical (unpaired) electrons. The van der Waals surface area contributed by atoms with E-state index in [1.165, 1.54) is 44.6 Å². The van der Waals surface area contributed by atoms with Crippen LogP contribution in [0.1, 0.15) is 32.1 Å². The van der Waals surface area contributed by atoms with Crippen molar-refractivity contribution in [3.05, 3.63) is 41.6 Å². The number of sulfonamides is 1. The minimum absolute atomic E-state index is 0.0505. The molecule has 1 aromatic carbocycles. The number of ether oxygens (including phenoxy) is 1. The van der Waals surface area contributed by atoms with Crippen LogP contribution in [-0.4, -0.2) is 26.6 Å². The molecule has 6 nitrogen and oxygen atoms in total. The lowest BCUT2D eigenvalue weighted by molar-refractivity contribution is 0.414. The van der Waals surface area contributed by atoms with Gasteiger partial charge in [0.05, 0.1) is 28.9 Å². The van der Waals surface area contributed by atoms with Gasteiger partial charge in [0.25, 0.3) is 10.0 Å². The Bertz CT molecular complexity index is 850. The summed E-state index contributed by atoms with van der Waals surface area (Å²) < 4.78 is 32.5. The van der Waals surface area contributed by atoms with E-state index in [0.717, 1.165) is 18.5 Å². The standard InChI is InChI=1S/C18H22ClN3O3S/c1-25-17-9-8-15(11-16(17)19)26(23,24)22-18-10-7-14(12-20-18)21-13-5-3-2-4-6-13/h7-13,21H,2-6H2,1H3,(H,20,22). The molecule has 1 aromatic heterocycles. The molecule has 2 N–H and O–H groups in total. The zero-order chi connectivity index (χ0) is 18.6. The molecule has 1 saturated carbocycles. The second kappa shape index (κ2) is 8.14. The van der Waals surface area contributed by atoms with Crippen molar-refractivity contribution in [1.82, 2.24) is 4.98 Å². The second-order valence-electron chi connectivity index (χ2n) is 6.31. The third-order valence-electron chi connectivity index (χ3n) is 4.41. The topological polar surface area (TPSA) is 80.3 Å². The van der Waals surface area contributed by atoms with Crippen LogP contribution in [0.3, 0.4) is 0 Å². The molecule has 1 heterocycles. The lowest BCUT2D eigenvalue weighted by atomic mass is 9.95. The van der Waals surface area contributed by atoms with Gasteiger partial charge in [0, 0.05) is 6.04 Å². The number of methoxy groups -OCH3 is 1. The highest BCUT2D eigenvalue weighted by atomic mass is 35.5. The monoisotopic (exact) mass is 395 g/mol. The first-order chi connectivity index (χ1) is 12.5. The number of hydrogen-bond acceptors (Lipinski definition) is 5. The zero-order valence-corrected chi connectivity index (χ0v) is 16.1. The molecule has 3 rings (SSSR count). The van der Waals surface area contributed by atoms with Gasteiger partial charge in [0.1, 0.15) is 11.6 Å². The molecule has 0 amide bonds. The van der Waals surface area contributed by atoms with E-state index < -0.39 is 10.0 Å². The van der Waals surface area contributed by atoms with Gasteiger partial charge >= 0.3 is 0 Å². The smallest absolute Gasteiger partial charge is 0.263 e. The normalized spacial score (nSPS) is 15.5. The third kappa shape index (κ3) is 4.59. The fourth-order valence-corrected chi connectivity index (χ4v) is 4.39. The van der Waals surface area contributed by atoms with Crippen LogP contribution in [0.4, 0.5) is 11.5 Å². The van der Waals surface area contributed by atoms with E-state index in [1.54, 1.807) is 12.3 Å². The van der Waals surface area contributed by atoms with Gasteiger partial charge in [-0.3, -0.25) is 4.72 Å². The van der Waals surface area contributed by atoms with Crippen LogP contribution in [0.5, 0.6) is 5.75 Å². The lowest BCUT2D eigenvalue weighted by Gasteiger charge is -2.23. The maximum atomic E-state index is 12.5. The molecule has 0 aliphatic heterocycles. The van der Waals surface area contributed by atoms with Crippen LogP contribution >= 0.6 is 11.6 Å². The predicted octanol–water partition coefficient (Wildman–Crippen LogP) is 4.29. The fraction of sp³-hybridized carbons (Fsp3) is 0.389. The summed E-state index contributed by atoms with van der Waals surface area (Å²) in [5, 5.41) is 3.68. The van der Waals surface area contributed by atoms with Gasteiger partial charge in [-0.05, 0) is 43.2 Å². The number of aromatic nitrogens is 1. The summed E-state index contributed by atoms with van der Waals surface area (Å²) >= 11 is 6.01. The number of benzene rings is 1. The highest BCUT2D eigenvalue weighted by Crippen LogP contribution is 2.28. The first-order valence-corrected chi connectivity index (χ1v) is 10.4. The van der Waals surface area contributed by atoms with Gasteiger partial charge in [-0.15, -0.1) is 0 Å². The molecule has 0 atom stereocenters. The molecule has 8 heteroatoms. The van der Waals surface area contributed by atoms with Gasteiger partial charge in [-0.1, -0.05) is 30.9 Å². The molecule has 2 aromatic rings. The Morgan fingerprint density at radius 3 is 2.54 bits per heavy atom. The average Bonchev–Trinajstić information content (AvgIpc) is 2.64. The SMILES string of the molecule is COc1ccc(S(=O)(=O)Nc2ccc(NC3CCCCC3)cn2)cc1Cl. The van der Waals surface area contributed by atoms with Gasteiger partial charge in [0.15, 0.2) is 0 Å². The summed E-state index contributed by atoms with van der Waals surface area (Å²) in [4.78, 5) is 4.25. The highest BCUT2D eigenvalue weighted by molar-refractivity contribution is 7.92. The number of anilines is 2. The van der Waals surface area contributed by atoms with Crippen molar-refractivity contribution in [3.63, 3.8) is 0 Å². The van der Waals surface area contributed by atoms with Gasteiger partial charge in [-0.25, -0.2) is 13.4 Å². The first kappa shape index (κ1) is 18.8. The van der Waals surface area contributed by atoms with E-state index in [2.05, 4.69) is 15.0 Å². The van der Waals surface area contributed by atoms with E-state index in [1.807, 2.05) is 6.07 Å². The minimum atomic E-state index is -3.77. The molecule has 0 bridgehead atoms. The first-order valence-electron chi connectivity index (χ1n) is 8.57. The molecular formula is C18H22ClN3O3S. The van der Waals surface area contributed by atoms with Crippen molar-refractivity contribution >= 4 is 33.1 Å². The van der Waals surface area contributed by atoms with Crippen molar-refractivity contribution < 1.29 is 13.2 Å². The van der Waals surface area contributed by atoms with E-state index in [-0.39, 0.29) is 15.7 Å². The van der Waals surface area contributed by atoms with E-state index in [9.17, 15) is 8.42 Å². The van der Waals surface area contributed by atoms with Crippen LogP contribution in [0.2, 0.25) is 5.02 Å². The number of rotatable bonds is 6.